The lowest BCUT2D eigenvalue weighted by Gasteiger charge is -2.13. The second kappa shape index (κ2) is 7.51. The van der Waals surface area contributed by atoms with Crippen LogP contribution in [-0.2, 0) is 6.18 Å². The molecule has 0 radical (unpaired) electrons. The van der Waals surface area contributed by atoms with Crippen molar-refractivity contribution in [2.45, 2.75) is 13.1 Å². The Bertz CT molecular complexity index is 1220. The largest absolute Gasteiger partial charge is 0.457 e. The molecule has 0 aliphatic rings. The van der Waals surface area contributed by atoms with Gasteiger partial charge in [-0.15, -0.1) is 0 Å². The van der Waals surface area contributed by atoms with Crippen LogP contribution >= 0.6 is 0 Å². The lowest BCUT2D eigenvalue weighted by Crippen LogP contribution is -2.13. The van der Waals surface area contributed by atoms with Crippen LogP contribution in [0.15, 0.2) is 67.0 Å². The highest BCUT2D eigenvalue weighted by atomic mass is 19.4. The van der Waals surface area contributed by atoms with Crippen molar-refractivity contribution >= 4 is 17.2 Å². The molecule has 0 aliphatic heterocycles. The van der Waals surface area contributed by atoms with Gasteiger partial charge in [-0.1, -0.05) is 12.1 Å². The fourth-order valence-corrected chi connectivity index (χ4v) is 2.98. The SMILES string of the molecule is Cc1nn2cccnc2c1C(=O)Nc1ccc(Oc2ccccc2C(F)(F)F)cc1. The van der Waals surface area contributed by atoms with Crippen LogP contribution < -0.4 is 10.1 Å². The number of halogens is 3. The first-order valence-electron chi connectivity index (χ1n) is 8.88. The Morgan fingerprint density at radius 3 is 2.53 bits per heavy atom. The van der Waals surface area contributed by atoms with Crippen molar-refractivity contribution < 1.29 is 22.7 Å². The first-order valence-corrected chi connectivity index (χ1v) is 8.88. The Hall–Kier alpha value is -3.88. The van der Waals surface area contributed by atoms with E-state index in [-0.39, 0.29) is 11.5 Å². The molecule has 0 saturated carbocycles. The van der Waals surface area contributed by atoms with Crippen molar-refractivity contribution in [3.63, 3.8) is 0 Å². The summed E-state index contributed by atoms with van der Waals surface area (Å²) in [7, 11) is 0. The number of benzene rings is 2. The van der Waals surface area contributed by atoms with Gasteiger partial charge in [0.2, 0.25) is 0 Å². The summed E-state index contributed by atoms with van der Waals surface area (Å²) >= 11 is 0. The lowest BCUT2D eigenvalue weighted by atomic mass is 10.2. The van der Waals surface area contributed by atoms with E-state index in [1.807, 2.05) is 0 Å². The Labute approximate surface area is 168 Å². The van der Waals surface area contributed by atoms with Crippen molar-refractivity contribution in [3.8, 4) is 11.5 Å². The highest BCUT2D eigenvalue weighted by Gasteiger charge is 2.34. The van der Waals surface area contributed by atoms with Gasteiger partial charge in [-0.25, -0.2) is 9.50 Å². The second-order valence-corrected chi connectivity index (χ2v) is 6.42. The van der Waals surface area contributed by atoms with Gasteiger partial charge in [0.1, 0.15) is 17.1 Å². The van der Waals surface area contributed by atoms with Crippen molar-refractivity contribution in [2.24, 2.45) is 0 Å². The molecule has 0 spiro atoms. The number of alkyl halides is 3. The molecular formula is C21H15F3N4O2. The number of hydrogen-bond donors (Lipinski definition) is 1. The van der Waals surface area contributed by atoms with Gasteiger partial charge < -0.3 is 10.1 Å². The van der Waals surface area contributed by atoms with E-state index in [0.717, 1.165) is 6.07 Å². The maximum Gasteiger partial charge on any atom is 0.419 e. The minimum Gasteiger partial charge on any atom is -0.457 e. The number of anilines is 1. The van der Waals surface area contributed by atoms with E-state index < -0.39 is 17.6 Å². The average molecular weight is 412 g/mol. The predicted molar refractivity (Wildman–Crippen MR) is 104 cm³/mol. The summed E-state index contributed by atoms with van der Waals surface area (Å²) in [6.07, 6.45) is -1.26. The maximum atomic E-state index is 13.1. The molecule has 0 saturated heterocycles. The Morgan fingerprint density at radius 2 is 1.80 bits per heavy atom. The van der Waals surface area contributed by atoms with Gasteiger partial charge in [-0.2, -0.15) is 18.3 Å². The second-order valence-electron chi connectivity index (χ2n) is 6.42. The molecule has 0 fully saturated rings. The third-order valence-corrected chi connectivity index (χ3v) is 4.33. The van der Waals surface area contributed by atoms with Crippen molar-refractivity contribution in [1.82, 2.24) is 14.6 Å². The van der Waals surface area contributed by atoms with Gasteiger partial charge in [0.15, 0.2) is 5.65 Å². The molecule has 1 amide bonds. The van der Waals surface area contributed by atoms with Gasteiger partial charge in [0, 0.05) is 18.1 Å². The fourth-order valence-electron chi connectivity index (χ4n) is 2.98. The summed E-state index contributed by atoms with van der Waals surface area (Å²) in [5.41, 5.74) is 0.880. The molecule has 0 atom stereocenters. The number of para-hydroxylation sites is 1. The zero-order valence-electron chi connectivity index (χ0n) is 15.6. The number of nitrogens with one attached hydrogen (secondary N) is 1. The molecule has 2 aromatic carbocycles. The number of carbonyl (C=O) groups excluding carboxylic acids is 1. The van der Waals surface area contributed by atoms with Gasteiger partial charge in [0.25, 0.3) is 5.91 Å². The topological polar surface area (TPSA) is 68.5 Å². The summed E-state index contributed by atoms with van der Waals surface area (Å²) in [6, 6.07) is 12.7. The van der Waals surface area contributed by atoms with Crippen LogP contribution in [0.5, 0.6) is 11.5 Å². The van der Waals surface area contributed by atoms with Crippen molar-refractivity contribution in [3.05, 3.63) is 83.8 Å². The van der Waals surface area contributed by atoms with Crippen LogP contribution in [0.4, 0.5) is 18.9 Å². The Morgan fingerprint density at radius 1 is 1.07 bits per heavy atom. The van der Waals surface area contributed by atoms with Crippen LogP contribution in [0.25, 0.3) is 5.65 Å². The number of aryl methyl sites for hydroxylation is 1. The number of amides is 1. The molecule has 4 rings (SSSR count). The van der Waals surface area contributed by atoms with Crippen molar-refractivity contribution in [2.75, 3.05) is 5.32 Å². The number of ether oxygens (including phenoxy) is 1. The molecule has 9 heteroatoms. The standard InChI is InChI=1S/C21H15F3N4O2/c1-13-18(19-25-11-4-12-28(19)27-13)20(29)26-14-7-9-15(10-8-14)30-17-6-3-2-5-16(17)21(22,23)24/h2-12H,1H3,(H,26,29). The summed E-state index contributed by atoms with van der Waals surface area (Å²) in [4.78, 5) is 16.9. The molecule has 0 unspecified atom stereocenters. The summed E-state index contributed by atoms with van der Waals surface area (Å²) < 4.78 is 46.2. The van der Waals surface area contributed by atoms with E-state index in [2.05, 4.69) is 15.4 Å². The van der Waals surface area contributed by atoms with Crippen molar-refractivity contribution in [1.29, 1.82) is 0 Å². The van der Waals surface area contributed by atoms with E-state index in [1.165, 1.54) is 47.0 Å². The number of carbonyl (C=O) groups is 1. The predicted octanol–water partition coefficient (Wildman–Crippen LogP) is 5.10. The zero-order valence-corrected chi connectivity index (χ0v) is 15.6. The minimum absolute atomic E-state index is 0.207. The number of hydrogen-bond acceptors (Lipinski definition) is 4. The number of aromatic nitrogens is 3. The first-order chi connectivity index (χ1) is 14.3. The van der Waals surface area contributed by atoms with E-state index >= 15 is 0 Å². The number of nitrogens with zero attached hydrogens (tertiary/aromatic N) is 3. The normalized spacial score (nSPS) is 11.5. The molecule has 152 valence electrons. The molecule has 2 aromatic heterocycles. The third-order valence-electron chi connectivity index (χ3n) is 4.33. The zero-order chi connectivity index (χ0) is 21.3. The smallest absolute Gasteiger partial charge is 0.419 e. The van der Waals surface area contributed by atoms with Crippen LogP contribution in [-0.4, -0.2) is 20.5 Å². The van der Waals surface area contributed by atoms with Gasteiger partial charge >= 0.3 is 6.18 Å². The molecule has 4 aromatic rings. The van der Waals surface area contributed by atoms with Crippen LogP contribution in [0.2, 0.25) is 0 Å². The van der Waals surface area contributed by atoms with Crippen LogP contribution in [0.1, 0.15) is 21.6 Å². The third kappa shape index (κ3) is 3.82. The van der Waals surface area contributed by atoms with Gasteiger partial charge in [0.05, 0.1) is 11.3 Å². The Kier molecular flexibility index (Phi) is 4.86. The highest BCUT2D eigenvalue weighted by molar-refractivity contribution is 6.09. The van der Waals surface area contributed by atoms with E-state index in [0.29, 0.717) is 22.6 Å². The summed E-state index contributed by atoms with van der Waals surface area (Å²) in [5, 5.41) is 6.98. The van der Waals surface area contributed by atoms with Crippen LogP contribution in [0.3, 0.4) is 0 Å². The molecular weight excluding hydrogens is 397 g/mol. The quantitative estimate of drug-likeness (QED) is 0.506. The van der Waals surface area contributed by atoms with E-state index in [1.54, 1.807) is 25.4 Å². The number of rotatable bonds is 4. The van der Waals surface area contributed by atoms with E-state index in [4.69, 9.17) is 4.74 Å². The number of fused-ring (bicyclic) bond motifs is 1. The molecule has 0 aliphatic carbocycles. The first kappa shape index (κ1) is 19.4. The van der Waals surface area contributed by atoms with Crippen LogP contribution in [0, 0.1) is 6.92 Å². The van der Waals surface area contributed by atoms with Gasteiger partial charge in [-0.3, -0.25) is 4.79 Å². The van der Waals surface area contributed by atoms with E-state index in [9.17, 15) is 18.0 Å². The molecule has 30 heavy (non-hydrogen) atoms. The lowest BCUT2D eigenvalue weighted by molar-refractivity contribution is -0.138. The summed E-state index contributed by atoms with van der Waals surface area (Å²) in [6.45, 7) is 1.71. The summed E-state index contributed by atoms with van der Waals surface area (Å²) in [5.74, 6) is -0.481. The molecule has 6 nitrogen and oxygen atoms in total. The maximum absolute atomic E-state index is 13.1. The highest BCUT2D eigenvalue weighted by Crippen LogP contribution is 2.38. The Balaban J connectivity index is 1.52. The molecule has 1 N–H and O–H groups in total. The van der Waals surface area contributed by atoms with Gasteiger partial charge in [-0.05, 0) is 49.4 Å². The minimum atomic E-state index is -4.52. The fraction of sp³-hybridized carbons (Fsp3) is 0.0952. The molecule has 0 bridgehead atoms. The molecule has 2 heterocycles. The monoisotopic (exact) mass is 412 g/mol. The average Bonchev–Trinajstić information content (AvgIpc) is 3.05.